The summed E-state index contributed by atoms with van der Waals surface area (Å²) in [5.74, 6) is -1.39. The third kappa shape index (κ3) is 1.69. The van der Waals surface area contributed by atoms with Gasteiger partial charge in [-0.15, -0.1) is 0 Å². The maximum absolute atomic E-state index is 13.3. The van der Waals surface area contributed by atoms with Crippen molar-refractivity contribution in [3.63, 3.8) is 0 Å². The Morgan fingerprint density at radius 3 is 2.75 bits per heavy atom. The quantitative estimate of drug-likeness (QED) is 0.815. The molecule has 0 fully saturated rings. The zero-order chi connectivity index (χ0) is 11.7. The number of H-pyrrole nitrogens is 1. The van der Waals surface area contributed by atoms with Crippen molar-refractivity contribution < 1.29 is 14.3 Å². The Bertz CT molecular complexity index is 546. The van der Waals surface area contributed by atoms with Crippen LogP contribution in [0, 0.1) is 12.7 Å². The van der Waals surface area contributed by atoms with Gasteiger partial charge < -0.3 is 10.1 Å². The smallest absolute Gasteiger partial charge is 0.352 e. The second kappa shape index (κ2) is 3.81. The van der Waals surface area contributed by atoms with E-state index >= 15 is 0 Å². The Kier molecular flexibility index (Phi) is 2.48. The minimum absolute atomic E-state index is 0.0725. The average molecular weight is 219 g/mol. The van der Waals surface area contributed by atoms with Gasteiger partial charge in [-0.25, -0.2) is 9.18 Å². The van der Waals surface area contributed by atoms with E-state index in [4.69, 9.17) is 5.11 Å². The van der Waals surface area contributed by atoms with Crippen molar-refractivity contribution in [2.75, 3.05) is 0 Å². The monoisotopic (exact) mass is 219 g/mol. The second-order valence-electron chi connectivity index (χ2n) is 3.54. The summed E-state index contributed by atoms with van der Waals surface area (Å²) in [4.78, 5) is 13.5. The van der Waals surface area contributed by atoms with Crippen LogP contribution in [-0.2, 0) is 0 Å². The summed E-state index contributed by atoms with van der Waals surface area (Å²) in [7, 11) is 0. The van der Waals surface area contributed by atoms with Gasteiger partial charge in [-0.3, -0.25) is 0 Å². The first-order valence-electron chi connectivity index (χ1n) is 4.77. The van der Waals surface area contributed by atoms with E-state index in [-0.39, 0.29) is 11.5 Å². The van der Waals surface area contributed by atoms with Gasteiger partial charge in [-0.05, 0) is 30.2 Å². The van der Waals surface area contributed by atoms with Crippen LogP contribution in [0.5, 0.6) is 0 Å². The van der Waals surface area contributed by atoms with Crippen molar-refractivity contribution in [3.05, 3.63) is 47.5 Å². The van der Waals surface area contributed by atoms with Crippen LogP contribution in [0.4, 0.5) is 4.39 Å². The molecular formula is C12H10FNO2. The molecule has 2 N–H and O–H groups in total. The fourth-order valence-corrected chi connectivity index (χ4v) is 1.55. The lowest BCUT2D eigenvalue weighted by atomic mass is 10.0. The average Bonchev–Trinajstić information content (AvgIpc) is 2.71. The highest BCUT2D eigenvalue weighted by Gasteiger charge is 2.13. The molecule has 0 aliphatic carbocycles. The van der Waals surface area contributed by atoms with Gasteiger partial charge in [0.2, 0.25) is 0 Å². The van der Waals surface area contributed by atoms with Crippen LogP contribution in [0.2, 0.25) is 0 Å². The highest BCUT2D eigenvalue weighted by molar-refractivity contribution is 5.94. The summed E-state index contributed by atoms with van der Waals surface area (Å²) in [6.07, 6.45) is 1.52. The van der Waals surface area contributed by atoms with E-state index in [2.05, 4.69) is 4.98 Å². The number of halogens is 1. The summed E-state index contributed by atoms with van der Waals surface area (Å²) >= 11 is 0. The van der Waals surface area contributed by atoms with Gasteiger partial charge in [-0.1, -0.05) is 12.1 Å². The molecule has 0 saturated heterocycles. The first-order valence-corrected chi connectivity index (χ1v) is 4.77. The number of aryl methyl sites for hydroxylation is 1. The van der Waals surface area contributed by atoms with E-state index in [0.29, 0.717) is 16.7 Å². The highest BCUT2D eigenvalue weighted by Crippen LogP contribution is 2.24. The summed E-state index contributed by atoms with van der Waals surface area (Å²) in [6.45, 7) is 1.66. The molecule has 0 unspecified atom stereocenters. The number of aromatic nitrogens is 1. The number of hydrogen-bond donors (Lipinski definition) is 2. The van der Waals surface area contributed by atoms with E-state index in [9.17, 15) is 9.18 Å². The molecule has 0 amide bonds. The Hall–Kier alpha value is -2.10. The van der Waals surface area contributed by atoms with Gasteiger partial charge in [0.15, 0.2) is 0 Å². The molecule has 4 heteroatoms. The maximum Gasteiger partial charge on any atom is 0.352 e. The van der Waals surface area contributed by atoms with Crippen LogP contribution in [-0.4, -0.2) is 16.1 Å². The summed E-state index contributed by atoms with van der Waals surface area (Å²) in [5, 5.41) is 8.91. The minimum Gasteiger partial charge on any atom is -0.477 e. The zero-order valence-corrected chi connectivity index (χ0v) is 8.62. The van der Waals surface area contributed by atoms with Crippen molar-refractivity contribution in [1.82, 2.24) is 4.98 Å². The predicted molar refractivity (Wildman–Crippen MR) is 57.9 cm³/mol. The molecule has 0 radical (unpaired) electrons. The number of benzene rings is 1. The number of nitrogens with one attached hydrogen (secondary N) is 1. The van der Waals surface area contributed by atoms with Crippen LogP contribution in [0.1, 0.15) is 16.1 Å². The van der Waals surface area contributed by atoms with Gasteiger partial charge in [0, 0.05) is 11.8 Å². The fourth-order valence-electron chi connectivity index (χ4n) is 1.55. The number of aromatic amines is 1. The van der Waals surface area contributed by atoms with E-state index in [0.717, 1.165) is 0 Å². The summed E-state index contributed by atoms with van der Waals surface area (Å²) < 4.78 is 13.3. The van der Waals surface area contributed by atoms with Gasteiger partial charge in [0.25, 0.3) is 0 Å². The fraction of sp³-hybridized carbons (Fsp3) is 0.0833. The lowest BCUT2D eigenvalue weighted by Gasteiger charge is -2.02. The number of hydrogen-bond acceptors (Lipinski definition) is 1. The van der Waals surface area contributed by atoms with Crippen molar-refractivity contribution in [2.24, 2.45) is 0 Å². The molecule has 0 atom stereocenters. The maximum atomic E-state index is 13.3. The Morgan fingerprint density at radius 1 is 1.38 bits per heavy atom. The van der Waals surface area contributed by atoms with Gasteiger partial charge in [0.05, 0.1) is 0 Å². The Labute approximate surface area is 91.5 Å². The third-order valence-electron chi connectivity index (χ3n) is 2.44. The topological polar surface area (TPSA) is 53.1 Å². The normalized spacial score (nSPS) is 10.4. The molecule has 0 aliphatic heterocycles. The van der Waals surface area contributed by atoms with Crippen LogP contribution in [0.25, 0.3) is 11.1 Å². The number of carboxylic acids is 1. The third-order valence-corrected chi connectivity index (χ3v) is 2.44. The molecule has 3 nitrogen and oxygen atoms in total. The van der Waals surface area contributed by atoms with Crippen LogP contribution >= 0.6 is 0 Å². The lowest BCUT2D eigenvalue weighted by molar-refractivity contribution is 0.0692. The molecule has 2 aromatic rings. The van der Waals surface area contributed by atoms with Crippen LogP contribution < -0.4 is 0 Å². The molecule has 2 rings (SSSR count). The highest BCUT2D eigenvalue weighted by atomic mass is 19.1. The molecule has 16 heavy (non-hydrogen) atoms. The van der Waals surface area contributed by atoms with E-state index in [1.165, 1.54) is 12.3 Å². The standard InChI is InChI=1S/C12H10FNO2/c1-7-2-3-8(6-10(7)13)9-4-5-14-11(9)12(15)16/h2-6,14H,1H3,(H,15,16). The summed E-state index contributed by atoms with van der Waals surface area (Å²) in [5.41, 5.74) is 1.66. The lowest BCUT2D eigenvalue weighted by Crippen LogP contribution is -1.98. The van der Waals surface area contributed by atoms with E-state index < -0.39 is 5.97 Å². The zero-order valence-electron chi connectivity index (χ0n) is 8.62. The summed E-state index contributed by atoms with van der Waals surface area (Å²) in [6, 6.07) is 6.29. The van der Waals surface area contributed by atoms with Crippen molar-refractivity contribution in [1.29, 1.82) is 0 Å². The molecule has 0 spiro atoms. The van der Waals surface area contributed by atoms with Crippen molar-refractivity contribution >= 4 is 5.97 Å². The Balaban J connectivity index is 2.54. The Morgan fingerprint density at radius 2 is 2.12 bits per heavy atom. The number of aromatic carboxylic acids is 1. The second-order valence-corrected chi connectivity index (χ2v) is 3.54. The minimum atomic E-state index is -1.05. The van der Waals surface area contributed by atoms with Crippen molar-refractivity contribution in [2.45, 2.75) is 6.92 Å². The molecule has 82 valence electrons. The van der Waals surface area contributed by atoms with Gasteiger partial charge in [0.1, 0.15) is 11.5 Å². The van der Waals surface area contributed by atoms with E-state index in [1.54, 1.807) is 25.1 Å². The molecule has 1 heterocycles. The van der Waals surface area contributed by atoms with Crippen LogP contribution in [0.15, 0.2) is 30.5 Å². The molecule has 0 saturated carbocycles. The molecule has 0 aliphatic rings. The molecular weight excluding hydrogens is 209 g/mol. The van der Waals surface area contributed by atoms with Gasteiger partial charge >= 0.3 is 5.97 Å². The van der Waals surface area contributed by atoms with E-state index in [1.807, 2.05) is 0 Å². The number of rotatable bonds is 2. The number of carboxylic acid groups (broad SMARTS) is 1. The molecule has 1 aromatic carbocycles. The predicted octanol–water partition coefficient (Wildman–Crippen LogP) is 2.83. The SMILES string of the molecule is Cc1ccc(-c2cc[nH]c2C(=O)O)cc1F. The molecule has 1 aromatic heterocycles. The molecule has 0 bridgehead atoms. The number of carbonyl (C=O) groups is 1. The van der Waals surface area contributed by atoms with Crippen LogP contribution in [0.3, 0.4) is 0 Å². The first kappa shape index (κ1) is 10.4. The largest absolute Gasteiger partial charge is 0.477 e. The van der Waals surface area contributed by atoms with Gasteiger partial charge in [-0.2, -0.15) is 0 Å². The van der Waals surface area contributed by atoms with Crippen molar-refractivity contribution in [3.8, 4) is 11.1 Å². The first-order chi connectivity index (χ1) is 7.59.